The first-order chi connectivity index (χ1) is 9.19. The van der Waals surface area contributed by atoms with Crippen LogP contribution in [0.25, 0.3) is 5.00 Å². The maximum absolute atomic E-state index is 11.3. The highest BCUT2D eigenvalue weighted by Crippen LogP contribution is 2.16. The first-order valence-corrected chi connectivity index (χ1v) is 7.12. The summed E-state index contributed by atoms with van der Waals surface area (Å²) in [4.78, 5) is 15.5. The maximum atomic E-state index is 11.3. The van der Waals surface area contributed by atoms with E-state index in [9.17, 15) is 4.79 Å². The van der Waals surface area contributed by atoms with Crippen molar-refractivity contribution in [3.8, 4) is 5.00 Å². The fraction of sp³-hybridized carbons (Fsp3) is 0.462. The molecule has 0 aliphatic heterocycles. The molecule has 0 N–H and O–H groups in total. The number of aryl methyl sites for hydroxylation is 1. The molecule has 2 heterocycles. The minimum absolute atomic E-state index is 0.229. The topological polar surface area (TPSA) is 57.0 Å². The minimum Gasteiger partial charge on any atom is -0.466 e. The van der Waals surface area contributed by atoms with E-state index in [1.54, 1.807) is 35.3 Å². The van der Waals surface area contributed by atoms with Gasteiger partial charge in [0.25, 0.3) is 0 Å². The normalized spacial score (nSPS) is 9.68. The number of carbonyl (C=O) groups is 1. The molecule has 19 heavy (non-hydrogen) atoms. The molecule has 0 bridgehead atoms. The lowest BCUT2D eigenvalue weighted by Crippen LogP contribution is -2.06. The van der Waals surface area contributed by atoms with E-state index in [2.05, 4.69) is 10.1 Å². The third kappa shape index (κ3) is 4.48. The number of esters is 1. The van der Waals surface area contributed by atoms with Gasteiger partial charge in [-0.25, -0.2) is 9.67 Å². The van der Waals surface area contributed by atoms with Gasteiger partial charge in [-0.3, -0.25) is 4.79 Å². The highest BCUT2D eigenvalue weighted by atomic mass is 32.1. The standard InChI is InChI=1S/C11H13N3O2S.C2H6/c1-3-16-11(15)4-9-5-13-14(7-9)10-6-12-8(2)17-10;1-2/h5-7H,3-4H2,1-2H3;1-2H3. The molecule has 2 rings (SSSR count). The Morgan fingerprint density at radius 2 is 2.16 bits per heavy atom. The van der Waals surface area contributed by atoms with Crippen molar-refractivity contribution < 1.29 is 9.53 Å². The summed E-state index contributed by atoms with van der Waals surface area (Å²) in [6.07, 6.45) is 5.52. The molecule has 0 spiro atoms. The highest BCUT2D eigenvalue weighted by Gasteiger charge is 2.08. The zero-order chi connectivity index (χ0) is 14.3. The van der Waals surface area contributed by atoms with Crippen molar-refractivity contribution in [1.29, 1.82) is 0 Å². The number of rotatable bonds is 4. The molecule has 0 fully saturated rings. The van der Waals surface area contributed by atoms with Crippen molar-refractivity contribution in [1.82, 2.24) is 14.8 Å². The molecule has 2 aromatic rings. The van der Waals surface area contributed by atoms with E-state index in [1.807, 2.05) is 27.0 Å². The molecule has 0 saturated carbocycles. The van der Waals surface area contributed by atoms with Crippen LogP contribution in [0.1, 0.15) is 31.3 Å². The first-order valence-electron chi connectivity index (χ1n) is 6.31. The molecule has 0 aromatic carbocycles. The number of aromatic nitrogens is 3. The van der Waals surface area contributed by atoms with E-state index in [1.165, 1.54) is 0 Å². The third-order valence-corrected chi connectivity index (χ3v) is 3.03. The number of nitrogens with zero attached hydrogens (tertiary/aromatic N) is 3. The Morgan fingerprint density at radius 1 is 1.42 bits per heavy atom. The van der Waals surface area contributed by atoms with E-state index < -0.39 is 0 Å². The Morgan fingerprint density at radius 3 is 2.74 bits per heavy atom. The Hall–Kier alpha value is -1.69. The minimum atomic E-state index is -0.229. The molecule has 0 amide bonds. The molecule has 0 unspecified atom stereocenters. The van der Waals surface area contributed by atoms with Crippen molar-refractivity contribution in [2.45, 2.75) is 34.1 Å². The first kappa shape index (κ1) is 15.4. The lowest BCUT2D eigenvalue weighted by atomic mass is 10.3. The van der Waals surface area contributed by atoms with Crippen molar-refractivity contribution in [2.24, 2.45) is 0 Å². The Bertz CT molecular complexity index is 519. The summed E-state index contributed by atoms with van der Waals surface area (Å²) in [6.45, 7) is 8.14. The second kappa shape index (κ2) is 7.68. The van der Waals surface area contributed by atoms with E-state index >= 15 is 0 Å². The van der Waals surface area contributed by atoms with Crippen LogP contribution in [0.15, 0.2) is 18.6 Å². The van der Waals surface area contributed by atoms with Gasteiger partial charge in [0.05, 0.1) is 30.4 Å². The van der Waals surface area contributed by atoms with Gasteiger partial charge in [-0.2, -0.15) is 5.10 Å². The monoisotopic (exact) mass is 281 g/mol. The molecule has 0 aliphatic carbocycles. The van der Waals surface area contributed by atoms with E-state index in [4.69, 9.17) is 4.74 Å². The van der Waals surface area contributed by atoms with Crippen LogP contribution in [0, 0.1) is 6.92 Å². The van der Waals surface area contributed by atoms with Crippen molar-refractivity contribution in [3.63, 3.8) is 0 Å². The van der Waals surface area contributed by atoms with E-state index in [0.717, 1.165) is 15.6 Å². The van der Waals surface area contributed by atoms with Gasteiger partial charge in [0.2, 0.25) is 0 Å². The summed E-state index contributed by atoms with van der Waals surface area (Å²) in [6, 6.07) is 0. The molecule has 0 radical (unpaired) electrons. The SMILES string of the molecule is CC.CCOC(=O)Cc1cnn(-c2cnc(C)s2)c1. The Kier molecular flexibility index (Phi) is 6.21. The average Bonchev–Trinajstić information content (AvgIpc) is 3.01. The van der Waals surface area contributed by atoms with Crippen molar-refractivity contribution >= 4 is 17.3 Å². The van der Waals surface area contributed by atoms with Crippen LogP contribution < -0.4 is 0 Å². The van der Waals surface area contributed by atoms with Crippen molar-refractivity contribution in [2.75, 3.05) is 6.61 Å². The predicted molar refractivity (Wildman–Crippen MR) is 75.7 cm³/mol. The van der Waals surface area contributed by atoms with E-state index in [-0.39, 0.29) is 12.4 Å². The lowest BCUT2D eigenvalue weighted by Gasteiger charge is -1.98. The number of hydrogen-bond acceptors (Lipinski definition) is 5. The van der Waals surface area contributed by atoms with Crippen molar-refractivity contribution in [3.05, 3.63) is 29.2 Å². The fourth-order valence-electron chi connectivity index (χ4n) is 1.41. The average molecular weight is 281 g/mol. The smallest absolute Gasteiger partial charge is 0.310 e. The number of hydrogen-bond donors (Lipinski definition) is 0. The molecule has 5 nitrogen and oxygen atoms in total. The fourth-order valence-corrected chi connectivity index (χ4v) is 2.11. The van der Waals surface area contributed by atoms with Crippen LogP contribution in [0.5, 0.6) is 0 Å². The highest BCUT2D eigenvalue weighted by molar-refractivity contribution is 7.14. The van der Waals surface area contributed by atoms with Crippen LogP contribution in [-0.2, 0) is 16.0 Å². The van der Waals surface area contributed by atoms with Crippen LogP contribution in [0.4, 0.5) is 0 Å². The molecule has 6 heteroatoms. The summed E-state index contributed by atoms with van der Waals surface area (Å²) in [5, 5.41) is 6.12. The number of carbonyl (C=O) groups excluding carboxylic acids is 1. The molecular formula is C13H19N3O2S. The second-order valence-corrected chi connectivity index (χ2v) is 4.71. The van der Waals surface area contributed by atoms with Crippen LogP contribution in [0.2, 0.25) is 0 Å². The van der Waals surface area contributed by atoms with Crippen LogP contribution >= 0.6 is 11.3 Å². The zero-order valence-corrected chi connectivity index (χ0v) is 12.5. The third-order valence-electron chi connectivity index (χ3n) is 2.12. The Balaban J connectivity index is 0.000000861. The van der Waals surface area contributed by atoms with Gasteiger partial charge in [-0.05, 0) is 13.8 Å². The number of thiazole rings is 1. The van der Waals surface area contributed by atoms with Gasteiger partial charge < -0.3 is 4.74 Å². The summed E-state index contributed by atoms with van der Waals surface area (Å²) in [5.74, 6) is -0.229. The molecule has 104 valence electrons. The number of ether oxygens (including phenoxy) is 1. The van der Waals surface area contributed by atoms with Gasteiger partial charge in [0.1, 0.15) is 5.00 Å². The summed E-state index contributed by atoms with van der Waals surface area (Å²) < 4.78 is 6.60. The van der Waals surface area contributed by atoms with Gasteiger partial charge >= 0.3 is 5.97 Å². The molecular weight excluding hydrogens is 262 g/mol. The molecule has 0 aliphatic rings. The van der Waals surface area contributed by atoms with E-state index in [0.29, 0.717) is 6.61 Å². The van der Waals surface area contributed by atoms with Gasteiger partial charge in [-0.15, -0.1) is 0 Å². The summed E-state index contributed by atoms with van der Waals surface area (Å²) >= 11 is 1.56. The predicted octanol–water partition coefficient (Wildman–Crippen LogP) is 2.77. The van der Waals surface area contributed by atoms with Gasteiger partial charge in [0, 0.05) is 11.8 Å². The second-order valence-electron chi connectivity index (χ2n) is 3.49. The summed E-state index contributed by atoms with van der Waals surface area (Å²) in [7, 11) is 0. The Labute approximate surface area is 117 Å². The van der Waals surface area contributed by atoms with Gasteiger partial charge in [-0.1, -0.05) is 25.2 Å². The lowest BCUT2D eigenvalue weighted by molar-refractivity contribution is -0.142. The zero-order valence-electron chi connectivity index (χ0n) is 11.7. The van der Waals surface area contributed by atoms with Crippen LogP contribution in [0.3, 0.4) is 0 Å². The van der Waals surface area contributed by atoms with Crippen LogP contribution in [-0.4, -0.2) is 27.3 Å². The molecule has 2 aromatic heterocycles. The maximum Gasteiger partial charge on any atom is 0.310 e. The largest absolute Gasteiger partial charge is 0.466 e. The van der Waals surface area contributed by atoms with Gasteiger partial charge in [0.15, 0.2) is 0 Å². The summed E-state index contributed by atoms with van der Waals surface area (Å²) in [5.41, 5.74) is 0.842. The molecule has 0 atom stereocenters. The molecule has 0 saturated heterocycles. The quantitative estimate of drug-likeness (QED) is 0.809.